The minimum absolute atomic E-state index is 0.00139. The summed E-state index contributed by atoms with van der Waals surface area (Å²) >= 11 is 0. The molecule has 1 heterocycles. The molecule has 1 spiro atoms. The Morgan fingerprint density at radius 3 is 2.57 bits per heavy atom. The highest BCUT2D eigenvalue weighted by atomic mass is 16.5. The van der Waals surface area contributed by atoms with Gasteiger partial charge in [-0.3, -0.25) is 4.90 Å². The summed E-state index contributed by atoms with van der Waals surface area (Å²) in [6.45, 7) is 3.69. The Labute approximate surface area is 167 Å². The maximum absolute atomic E-state index is 12.3. The van der Waals surface area contributed by atoms with Crippen molar-refractivity contribution in [3.63, 3.8) is 0 Å². The number of piperidine rings is 1. The molecule has 7 bridgehead atoms. The molecule has 12 atom stereocenters. The number of likely N-dealkylation sites (tertiary alicyclic amines) is 1. The van der Waals surface area contributed by atoms with Gasteiger partial charge in [0.2, 0.25) is 0 Å². The molecule has 0 amide bonds. The number of β-amino-alcohol motifs (C(OH)–C–C–N with tert-alkyl or cyclic N) is 1. The number of likely N-dealkylation sites (N-methyl/N-ethyl adjacent to an activating group) is 1. The third-order valence-corrected chi connectivity index (χ3v) is 10.5. The molecule has 6 aliphatic rings. The quantitative estimate of drug-likeness (QED) is 0.653. The molecule has 6 fully saturated rings. The summed E-state index contributed by atoms with van der Waals surface area (Å²) in [5.74, 6) is 0.622. The van der Waals surface area contributed by atoms with E-state index >= 15 is 0 Å². The molecule has 0 aromatic heterocycles. The first-order chi connectivity index (χ1) is 13.4. The zero-order chi connectivity index (χ0) is 19.6. The van der Waals surface area contributed by atoms with Gasteiger partial charge in [-0.05, 0) is 44.1 Å². The molecule has 6 rings (SSSR count). The van der Waals surface area contributed by atoms with E-state index in [2.05, 4.69) is 11.8 Å². The largest absolute Gasteiger partial charge is 0.392 e. The fourth-order valence-corrected chi connectivity index (χ4v) is 9.96. The highest BCUT2D eigenvalue weighted by Gasteiger charge is 2.83. The fraction of sp³-hybridized carbons (Fsp3) is 1.00. The first kappa shape index (κ1) is 18.5. The highest BCUT2D eigenvalue weighted by molar-refractivity contribution is 5.33. The first-order valence-electron chi connectivity index (χ1n) is 11.3. The number of aliphatic hydroxyl groups is 3. The molecule has 158 valence electrons. The first-order valence-corrected chi connectivity index (χ1v) is 11.3. The predicted molar refractivity (Wildman–Crippen MR) is 102 cm³/mol. The number of aliphatic hydroxyl groups excluding tert-OH is 1. The van der Waals surface area contributed by atoms with Crippen LogP contribution in [0.5, 0.6) is 0 Å². The van der Waals surface area contributed by atoms with E-state index in [1.54, 1.807) is 14.2 Å². The van der Waals surface area contributed by atoms with E-state index in [0.717, 1.165) is 19.4 Å². The molecule has 6 nitrogen and oxygen atoms in total. The summed E-state index contributed by atoms with van der Waals surface area (Å²) < 4.78 is 11.9. The minimum Gasteiger partial charge on any atom is -0.392 e. The molecular weight excluding hydrogens is 358 g/mol. The van der Waals surface area contributed by atoms with Crippen LogP contribution in [0.25, 0.3) is 0 Å². The Bertz CT molecular complexity index is 690. The van der Waals surface area contributed by atoms with Crippen LogP contribution in [0.2, 0.25) is 0 Å². The van der Waals surface area contributed by atoms with Crippen molar-refractivity contribution in [2.45, 2.75) is 74.6 Å². The van der Waals surface area contributed by atoms with E-state index in [0.29, 0.717) is 25.8 Å². The number of ether oxygens (including phenoxy) is 2. The molecule has 0 unspecified atom stereocenters. The second-order valence-electron chi connectivity index (χ2n) is 10.8. The van der Waals surface area contributed by atoms with Crippen molar-refractivity contribution in [2.75, 3.05) is 27.3 Å². The Morgan fingerprint density at radius 1 is 1.11 bits per heavy atom. The Morgan fingerprint density at radius 2 is 1.89 bits per heavy atom. The number of methoxy groups -OCH3 is 2. The molecule has 0 radical (unpaired) electrons. The summed E-state index contributed by atoms with van der Waals surface area (Å²) in [6, 6.07) is 0.149. The van der Waals surface area contributed by atoms with E-state index < -0.39 is 17.3 Å². The van der Waals surface area contributed by atoms with E-state index in [1.807, 2.05) is 0 Å². The second-order valence-corrected chi connectivity index (χ2v) is 10.8. The summed E-state index contributed by atoms with van der Waals surface area (Å²) in [5.41, 5.74) is -1.90. The van der Waals surface area contributed by atoms with Crippen LogP contribution in [-0.4, -0.2) is 83.1 Å². The molecule has 1 saturated heterocycles. The fourth-order valence-electron chi connectivity index (χ4n) is 9.96. The van der Waals surface area contributed by atoms with Gasteiger partial charge in [-0.15, -0.1) is 0 Å². The lowest BCUT2D eigenvalue weighted by Crippen LogP contribution is -2.77. The summed E-state index contributed by atoms with van der Waals surface area (Å²) in [6.07, 6.45) is 3.31. The number of nitrogens with zero attached hydrogens (tertiary/aromatic N) is 1. The van der Waals surface area contributed by atoms with Crippen LogP contribution in [0.4, 0.5) is 0 Å². The van der Waals surface area contributed by atoms with Gasteiger partial charge in [0.25, 0.3) is 0 Å². The van der Waals surface area contributed by atoms with E-state index in [9.17, 15) is 15.3 Å². The summed E-state index contributed by atoms with van der Waals surface area (Å²) in [7, 11) is 3.52. The van der Waals surface area contributed by atoms with Crippen LogP contribution in [0.15, 0.2) is 0 Å². The van der Waals surface area contributed by atoms with Crippen LogP contribution >= 0.6 is 0 Å². The van der Waals surface area contributed by atoms with Gasteiger partial charge in [-0.25, -0.2) is 0 Å². The monoisotopic (exact) mass is 393 g/mol. The number of rotatable bonds is 3. The number of hydrogen-bond donors (Lipinski definition) is 3. The Balaban J connectivity index is 1.59. The number of hydrogen-bond acceptors (Lipinski definition) is 6. The van der Waals surface area contributed by atoms with Crippen LogP contribution < -0.4 is 0 Å². The van der Waals surface area contributed by atoms with E-state index in [1.165, 1.54) is 0 Å². The van der Waals surface area contributed by atoms with E-state index in [4.69, 9.17) is 9.47 Å². The van der Waals surface area contributed by atoms with Crippen LogP contribution in [0.1, 0.15) is 39.0 Å². The molecule has 0 aromatic rings. The zero-order valence-electron chi connectivity index (χ0n) is 17.3. The second kappa shape index (κ2) is 5.51. The molecule has 6 heteroatoms. The topological polar surface area (TPSA) is 82.4 Å². The average molecular weight is 394 g/mol. The molecule has 1 aliphatic heterocycles. The van der Waals surface area contributed by atoms with Crippen molar-refractivity contribution in [3.8, 4) is 0 Å². The van der Waals surface area contributed by atoms with Gasteiger partial charge in [-0.2, -0.15) is 0 Å². The molecular formula is C22H35NO5. The van der Waals surface area contributed by atoms with Crippen molar-refractivity contribution in [1.82, 2.24) is 4.90 Å². The van der Waals surface area contributed by atoms with Gasteiger partial charge in [0, 0.05) is 56.4 Å². The normalized spacial score (nSPS) is 64.3. The molecule has 3 N–H and O–H groups in total. The maximum Gasteiger partial charge on any atom is 0.0810 e. The average Bonchev–Trinajstić information content (AvgIpc) is 3.16. The molecule has 28 heavy (non-hydrogen) atoms. The summed E-state index contributed by atoms with van der Waals surface area (Å²) in [4.78, 5) is 2.40. The third kappa shape index (κ3) is 1.72. The van der Waals surface area contributed by atoms with Gasteiger partial charge in [0.15, 0.2) is 0 Å². The number of fused-ring (bicyclic) bond motifs is 2. The smallest absolute Gasteiger partial charge is 0.0810 e. The van der Waals surface area contributed by atoms with Crippen molar-refractivity contribution < 1.29 is 24.8 Å². The molecule has 5 aliphatic carbocycles. The van der Waals surface area contributed by atoms with Crippen molar-refractivity contribution in [3.05, 3.63) is 0 Å². The SMILES string of the molecule is CCN1C[C@]2(O)CC[C@H](O)[C@]34[C@@H]5C[C@H]6[C@H](OC)[C@@H]5[C@](O)(C[C@@H]6OC)[C@H](C[C@H]23)[C@@H]14. The van der Waals surface area contributed by atoms with Crippen molar-refractivity contribution in [1.29, 1.82) is 0 Å². The Kier molecular flexibility index (Phi) is 3.65. The molecule has 0 aromatic carbocycles. The molecule has 5 saturated carbocycles. The van der Waals surface area contributed by atoms with Gasteiger partial charge in [-0.1, -0.05) is 6.92 Å². The van der Waals surface area contributed by atoms with Gasteiger partial charge in [0.05, 0.1) is 29.5 Å². The maximum atomic E-state index is 12.3. The van der Waals surface area contributed by atoms with E-state index in [-0.39, 0.29) is 53.3 Å². The zero-order valence-corrected chi connectivity index (χ0v) is 17.3. The van der Waals surface area contributed by atoms with Gasteiger partial charge in [0.1, 0.15) is 0 Å². The lowest BCUT2D eigenvalue weighted by atomic mass is 9.45. The lowest BCUT2D eigenvalue weighted by molar-refractivity contribution is -0.281. The van der Waals surface area contributed by atoms with Crippen LogP contribution in [0, 0.1) is 35.0 Å². The lowest BCUT2D eigenvalue weighted by Gasteiger charge is -2.68. The minimum atomic E-state index is -0.843. The summed E-state index contributed by atoms with van der Waals surface area (Å²) in [5, 5.41) is 35.6. The van der Waals surface area contributed by atoms with Crippen LogP contribution in [-0.2, 0) is 9.47 Å². The van der Waals surface area contributed by atoms with Crippen molar-refractivity contribution in [2.24, 2.45) is 35.0 Å². The predicted octanol–water partition coefficient (Wildman–Crippen LogP) is 0.630. The van der Waals surface area contributed by atoms with Crippen molar-refractivity contribution >= 4 is 0 Å². The third-order valence-electron chi connectivity index (χ3n) is 10.5. The standard InChI is InChI=1S/C22H35NO5/c1-4-23-10-20(25)6-5-16(24)22-12-7-11-14(27-2)9-21(26,17(12)18(11)28-3)13(19(22)23)8-15(20)22/h11-19,24-26H,4-10H2,1-3H3/t11-,12-,13-,14+,15-,16+,17-,18+,19-,20-,21+,22+/m1/s1. The van der Waals surface area contributed by atoms with Crippen LogP contribution in [0.3, 0.4) is 0 Å². The van der Waals surface area contributed by atoms with Gasteiger partial charge < -0.3 is 24.8 Å². The van der Waals surface area contributed by atoms with Gasteiger partial charge >= 0.3 is 0 Å². The highest BCUT2D eigenvalue weighted by Crippen LogP contribution is 2.77. The Hall–Kier alpha value is -0.240.